The number of rotatable bonds is 5. The van der Waals surface area contributed by atoms with Crippen molar-refractivity contribution in [2.75, 3.05) is 7.11 Å². The van der Waals surface area contributed by atoms with E-state index in [4.69, 9.17) is 4.74 Å². The van der Waals surface area contributed by atoms with Crippen LogP contribution in [0.1, 0.15) is 18.1 Å². The molecule has 3 rings (SSSR count). The molecule has 156 valence electrons. The van der Waals surface area contributed by atoms with E-state index in [1.165, 1.54) is 26.3 Å². The highest BCUT2D eigenvalue weighted by Crippen LogP contribution is 2.30. The average molecular weight is 491 g/mol. The first-order valence-corrected chi connectivity index (χ1v) is 11.1. The summed E-state index contributed by atoms with van der Waals surface area (Å²) in [5, 5.41) is 3.00. The van der Waals surface area contributed by atoms with Crippen molar-refractivity contribution >= 4 is 54.8 Å². The maximum absolute atomic E-state index is 13.3. The average Bonchev–Trinajstić information content (AvgIpc) is 3.05. The maximum Gasteiger partial charge on any atom is 0.354 e. The number of fused-ring (bicyclic) bond motifs is 1. The van der Waals surface area contributed by atoms with Crippen molar-refractivity contribution in [3.05, 3.63) is 70.0 Å². The van der Waals surface area contributed by atoms with E-state index in [0.29, 0.717) is 20.9 Å². The van der Waals surface area contributed by atoms with Crippen LogP contribution in [0.5, 0.6) is 0 Å². The molecule has 0 unspecified atom stereocenters. The van der Waals surface area contributed by atoms with Gasteiger partial charge < -0.3 is 10.1 Å². The second-order valence-electron chi connectivity index (χ2n) is 6.59. The summed E-state index contributed by atoms with van der Waals surface area (Å²) in [5.41, 5.74) is 1.70. The molecule has 0 aliphatic heterocycles. The first-order valence-electron chi connectivity index (χ1n) is 8.84. The number of aromatic nitrogens is 1. The van der Waals surface area contributed by atoms with Crippen molar-refractivity contribution in [2.24, 2.45) is 0 Å². The van der Waals surface area contributed by atoms with Gasteiger partial charge in [0.2, 0.25) is 5.91 Å². The number of nitrogens with zero attached hydrogens (tertiary/aromatic N) is 1. The topological polar surface area (TPSA) is 94.5 Å². The maximum atomic E-state index is 13.3. The predicted octanol–water partition coefficient (Wildman–Crippen LogP) is 3.60. The van der Waals surface area contributed by atoms with Crippen molar-refractivity contribution in [3.63, 3.8) is 0 Å². The van der Waals surface area contributed by atoms with E-state index < -0.39 is 21.9 Å². The first-order chi connectivity index (χ1) is 14.1. The molecule has 1 heterocycles. The summed E-state index contributed by atoms with van der Waals surface area (Å²) in [5.74, 6) is -1.20. The van der Waals surface area contributed by atoms with E-state index in [0.717, 1.165) is 9.54 Å². The quantitative estimate of drug-likeness (QED) is 0.435. The van der Waals surface area contributed by atoms with Crippen LogP contribution in [-0.2, 0) is 24.3 Å². The molecule has 1 N–H and O–H groups in total. The van der Waals surface area contributed by atoms with Gasteiger partial charge in [-0.3, -0.25) is 4.79 Å². The minimum atomic E-state index is -3.90. The molecule has 0 radical (unpaired) electrons. The number of amides is 1. The summed E-state index contributed by atoms with van der Waals surface area (Å²) in [4.78, 5) is 23.7. The SMILES string of the molecule is COC(=O)/C(=C/c1cn(S(=O)(=O)c2ccc(C)cc2)c2cc(Br)ccc12)NC(C)=O. The number of halogens is 1. The molecule has 7 nitrogen and oxygen atoms in total. The van der Waals surface area contributed by atoms with Crippen molar-refractivity contribution in [2.45, 2.75) is 18.7 Å². The molecule has 0 spiro atoms. The zero-order chi connectivity index (χ0) is 22.1. The molecule has 0 aliphatic carbocycles. The van der Waals surface area contributed by atoms with Crippen LogP contribution in [-0.4, -0.2) is 31.4 Å². The molecule has 9 heteroatoms. The van der Waals surface area contributed by atoms with Gasteiger partial charge in [-0.2, -0.15) is 0 Å². The number of benzene rings is 2. The summed E-state index contributed by atoms with van der Waals surface area (Å²) < 4.78 is 33.2. The molecule has 0 saturated heterocycles. The minimum absolute atomic E-state index is 0.0975. The predicted molar refractivity (Wildman–Crippen MR) is 117 cm³/mol. The lowest BCUT2D eigenvalue weighted by Crippen LogP contribution is -2.25. The van der Waals surface area contributed by atoms with Gasteiger partial charge in [0, 0.05) is 28.5 Å². The number of ether oxygens (including phenoxy) is 1. The van der Waals surface area contributed by atoms with Crippen molar-refractivity contribution in [1.29, 1.82) is 0 Å². The van der Waals surface area contributed by atoms with Gasteiger partial charge in [0.25, 0.3) is 10.0 Å². The van der Waals surface area contributed by atoms with Gasteiger partial charge in [-0.15, -0.1) is 0 Å². The Morgan fingerprint density at radius 2 is 1.80 bits per heavy atom. The fourth-order valence-corrected chi connectivity index (χ4v) is 4.65. The first kappa shape index (κ1) is 21.8. The van der Waals surface area contributed by atoms with Gasteiger partial charge in [-0.1, -0.05) is 39.7 Å². The Bertz CT molecular complexity index is 1270. The van der Waals surface area contributed by atoms with Gasteiger partial charge in [-0.05, 0) is 37.3 Å². The number of methoxy groups -OCH3 is 1. The van der Waals surface area contributed by atoms with E-state index in [2.05, 4.69) is 21.2 Å². The van der Waals surface area contributed by atoms with E-state index in [1.54, 1.807) is 42.5 Å². The van der Waals surface area contributed by atoms with E-state index in [-0.39, 0.29) is 10.6 Å². The molecule has 0 atom stereocenters. The van der Waals surface area contributed by atoms with Crippen LogP contribution in [0, 0.1) is 6.92 Å². The Morgan fingerprint density at radius 1 is 1.13 bits per heavy atom. The van der Waals surface area contributed by atoms with Gasteiger partial charge in [-0.25, -0.2) is 17.2 Å². The fourth-order valence-electron chi connectivity index (χ4n) is 2.94. The van der Waals surface area contributed by atoms with Gasteiger partial charge in [0.15, 0.2) is 0 Å². The number of aryl methyl sites for hydroxylation is 1. The molecule has 0 bridgehead atoms. The highest BCUT2D eigenvalue weighted by molar-refractivity contribution is 9.10. The number of esters is 1. The lowest BCUT2D eigenvalue weighted by Gasteiger charge is -2.08. The second-order valence-corrected chi connectivity index (χ2v) is 9.32. The molecule has 0 aliphatic rings. The third-order valence-electron chi connectivity index (χ3n) is 4.36. The third kappa shape index (κ3) is 4.31. The van der Waals surface area contributed by atoms with Crippen molar-refractivity contribution in [3.8, 4) is 0 Å². The number of nitrogens with one attached hydrogen (secondary N) is 1. The minimum Gasteiger partial charge on any atom is -0.464 e. The Hall–Kier alpha value is -2.91. The molecule has 1 amide bonds. The fraction of sp³-hybridized carbons (Fsp3) is 0.143. The summed E-state index contributed by atoms with van der Waals surface area (Å²) in [6, 6.07) is 11.7. The highest BCUT2D eigenvalue weighted by atomic mass is 79.9. The lowest BCUT2D eigenvalue weighted by molar-refractivity contribution is -0.137. The van der Waals surface area contributed by atoms with Gasteiger partial charge in [0.1, 0.15) is 5.70 Å². The molecule has 1 aromatic heterocycles. The van der Waals surface area contributed by atoms with E-state index in [1.807, 2.05) is 6.92 Å². The molecule has 2 aromatic carbocycles. The Balaban J connectivity index is 2.26. The number of hydrogen-bond donors (Lipinski definition) is 1. The second kappa shape index (κ2) is 8.45. The zero-order valence-corrected chi connectivity index (χ0v) is 18.9. The Morgan fingerprint density at radius 3 is 2.40 bits per heavy atom. The molecule has 30 heavy (non-hydrogen) atoms. The highest BCUT2D eigenvalue weighted by Gasteiger charge is 2.22. The Labute approximate surface area is 182 Å². The summed E-state index contributed by atoms with van der Waals surface area (Å²) in [6.45, 7) is 3.14. The van der Waals surface area contributed by atoms with Crippen molar-refractivity contribution in [1.82, 2.24) is 9.29 Å². The van der Waals surface area contributed by atoms with Gasteiger partial charge in [0.05, 0.1) is 17.5 Å². The molecule has 0 saturated carbocycles. The summed E-state index contributed by atoms with van der Waals surface area (Å²) in [6.07, 6.45) is 2.81. The molecular formula is C21H19BrN2O5S. The van der Waals surface area contributed by atoms with Crippen LogP contribution in [0.4, 0.5) is 0 Å². The van der Waals surface area contributed by atoms with Crippen LogP contribution in [0.3, 0.4) is 0 Å². The standard InChI is InChI=1S/C21H19BrN2O5S/c1-13-4-7-17(8-5-13)30(27,28)24-12-15(18-9-6-16(22)11-20(18)24)10-19(21(26)29-3)23-14(2)25/h4-12H,1-3H3,(H,23,25)/b19-10-. The molecule has 3 aromatic rings. The summed E-state index contributed by atoms with van der Waals surface area (Å²) >= 11 is 3.37. The number of carbonyl (C=O) groups is 2. The molecule has 0 fully saturated rings. The van der Waals surface area contributed by atoms with E-state index >= 15 is 0 Å². The van der Waals surface area contributed by atoms with Crippen LogP contribution in [0.25, 0.3) is 17.0 Å². The van der Waals surface area contributed by atoms with Crippen LogP contribution < -0.4 is 5.32 Å². The number of carbonyl (C=O) groups excluding carboxylic acids is 2. The van der Waals surface area contributed by atoms with E-state index in [9.17, 15) is 18.0 Å². The van der Waals surface area contributed by atoms with Crippen LogP contribution in [0.15, 0.2) is 63.7 Å². The third-order valence-corrected chi connectivity index (χ3v) is 6.54. The normalized spacial score (nSPS) is 12.1. The molecular weight excluding hydrogens is 472 g/mol. The summed E-state index contributed by atoms with van der Waals surface area (Å²) in [7, 11) is -2.71. The Kier molecular flexibility index (Phi) is 6.14. The lowest BCUT2D eigenvalue weighted by atomic mass is 10.1. The van der Waals surface area contributed by atoms with Crippen LogP contribution >= 0.6 is 15.9 Å². The zero-order valence-electron chi connectivity index (χ0n) is 16.5. The van der Waals surface area contributed by atoms with Crippen molar-refractivity contribution < 1.29 is 22.7 Å². The number of hydrogen-bond acceptors (Lipinski definition) is 5. The smallest absolute Gasteiger partial charge is 0.354 e. The van der Waals surface area contributed by atoms with Crippen LogP contribution in [0.2, 0.25) is 0 Å². The largest absolute Gasteiger partial charge is 0.464 e. The van der Waals surface area contributed by atoms with Gasteiger partial charge >= 0.3 is 5.97 Å². The monoisotopic (exact) mass is 490 g/mol.